The van der Waals surface area contributed by atoms with Crippen LogP contribution >= 0.6 is 0 Å². The van der Waals surface area contributed by atoms with Gasteiger partial charge in [-0.05, 0) is 57.0 Å². The van der Waals surface area contributed by atoms with Crippen LogP contribution in [0.3, 0.4) is 0 Å². The van der Waals surface area contributed by atoms with Gasteiger partial charge < -0.3 is 0 Å². The molecule has 0 fully saturated rings. The van der Waals surface area contributed by atoms with Gasteiger partial charge in [0.15, 0.2) is 0 Å². The highest BCUT2D eigenvalue weighted by molar-refractivity contribution is 7.86. The third-order valence-corrected chi connectivity index (χ3v) is 4.38. The van der Waals surface area contributed by atoms with Gasteiger partial charge in [-0.15, -0.1) is 0 Å². The molecule has 0 aliphatic heterocycles. The molecule has 20 heavy (non-hydrogen) atoms. The highest BCUT2D eigenvalue weighted by atomic mass is 32.2. The van der Waals surface area contributed by atoms with Crippen LogP contribution in [0.15, 0.2) is 29.2 Å². The molecule has 2 aromatic rings. The van der Waals surface area contributed by atoms with E-state index in [0.717, 1.165) is 22.4 Å². The summed E-state index contributed by atoms with van der Waals surface area (Å²) < 4.78 is 32.4. The largest absolute Gasteiger partial charge is 0.295 e. The van der Waals surface area contributed by atoms with E-state index in [1.807, 2.05) is 33.8 Å². The average Bonchev–Trinajstić information content (AvgIpc) is 2.33. The van der Waals surface area contributed by atoms with Crippen LogP contribution in [0.2, 0.25) is 0 Å². The molecule has 2 rings (SSSR count). The summed E-state index contributed by atoms with van der Waals surface area (Å²) >= 11 is 0. The molecule has 0 amide bonds. The first kappa shape index (κ1) is 14.7. The summed E-state index contributed by atoms with van der Waals surface area (Å²) in [4.78, 5) is 4.33. The van der Waals surface area contributed by atoms with Gasteiger partial charge in [0.2, 0.25) is 0 Å². The van der Waals surface area contributed by atoms with Crippen molar-refractivity contribution in [2.45, 2.75) is 32.6 Å². The van der Waals surface area contributed by atoms with Crippen LogP contribution in [-0.2, 0) is 10.1 Å². The fraction of sp³-hybridized carbons (Fsp3) is 0.267. The number of nitrogens with zero attached hydrogens (tertiary/aromatic N) is 1. The molecule has 1 aromatic carbocycles. The van der Waals surface area contributed by atoms with Gasteiger partial charge in [0, 0.05) is 11.3 Å². The van der Waals surface area contributed by atoms with Crippen molar-refractivity contribution in [3.8, 4) is 11.3 Å². The Morgan fingerprint density at radius 1 is 1.05 bits per heavy atom. The molecule has 0 bridgehead atoms. The van der Waals surface area contributed by atoms with Gasteiger partial charge in [0.05, 0.1) is 5.69 Å². The number of aryl methyl sites for hydroxylation is 3. The zero-order valence-corrected chi connectivity index (χ0v) is 12.7. The Hall–Kier alpha value is -1.72. The van der Waals surface area contributed by atoms with Gasteiger partial charge in [-0.3, -0.25) is 9.54 Å². The summed E-state index contributed by atoms with van der Waals surface area (Å²) in [5.74, 6) is 0. The minimum Gasteiger partial charge on any atom is -0.282 e. The maximum Gasteiger partial charge on any atom is 0.295 e. The predicted molar refractivity (Wildman–Crippen MR) is 78.4 cm³/mol. The summed E-state index contributed by atoms with van der Waals surface area (Å²) in [5, 5.41) is 0. The Balaban J connectivity index is 2.79. The molecule has 0 spiro atoms. The number of hydrogen-bond donors (Lipinski definition) is 1. The first-order valence-electron chi connectivity index (χ1n) is 6.23. The Morgan fingerprint density at radius 3 is 2.25 bits per heavy atom. The zero-order valence-electron chi connectivity index (χ0n) is 11.9. The van der Waals surface area contributed by atoms with Crippen LogP contribution < -0.4 is 0 Å². The molecule has 1 N–H and O–H groups in total. The highest BCUT2D eigenvalue weighted by Crippen LogP contribution is 2.29. The van der Waals surface area contributed by atoms with Crippen LogP contribution in [0.4, 0.5) is 0 Å². The van der Waals surface area contributed by atoms with Crippen molar-refractivity contribution in [3.63, 3.8) is 0 Å². The maximum atomic E-state index is 11.5. The van der Waals surface area contributed by atoms with Crippen molar-refractivity contribution in [1.82, 2.24) is 4.98 Å². The van der Waals surface area contributed by atoms with Gasteiger partial charge in [-0.25, -0.2) is 0 Å². The first-order valence-corrected chi connectivity index (χ1v) is 7.67. The molecule has 0 radical (unpaired) electrons. The van der Waals surface area contributed by atoms with Crippen molar-refractivity contribution in [2.75, 3.05) is 0 Å². The van der Waals surface area contributed by atoms with E-state index in [1.165, 1.54) is 6.07 Å². The topological polar surface area (TPSA) is 67.3 Å². The average molecular weight is 291 g/mol. The lowest BCUT2D eigenvalue weighted by atomic mass is 10.0. The number of benzene rings is 1. The second kappa shape index (κ2) is 5.00. The Labute approximate surface area is 119 Å². The Bertz CT molecular complexity index is 757. The lowest BCUT2D eigenvalue weighted by Gasteiger charge is -2.11. The van der Waals surface area contributed by atoms with Crippen molar-refractivity contribution in [3.05, 3.63) is 46.6 Å². The summed E-state index contributed by atoms with van der Waals surface area (Å²) in [5.41, 5.74) is 4.86. The van der Waals surface area contributed by atoms with Crippen molar-refractivity contribution < 1.29 is 13.0 Å². The zero-order chi connectivity index (χ0) is 15.1. The van der Waals surface area contributed by atoms with Gasteiger partial charge in [0.25, 0.3) is 10.1 Å². The summed E-state index contributed by atoms with van der Waals surface area (Å²) in [7, 11) is -4.27. The van der Waals surface area contributed by atoms with Gasteiger partial charge in [0.1, 0.15) is 4.90 Å². The molecule has 1 aromatic heterocycles. The summed E-state index contributed by atoms with van der Waals surface area (Å²) in [6.45, 7) is 7.68. The van der Waals surface area contributed by atoms with E-state index in [-0.39, 0.29) is 4.90 Å². The molecule has 0 unspecified atom stereocenters. The maximum absolute atomic E-state index is 11.5. The van der Waals surface area contributed by atoms with Gasteiger partial charge >= 0.3 is 0 Å². The summed E-state index contributed by atoms with van der Waals surface area (Å²) in [6.07, 6.45) is 0. The Kier molecular flexibility index (Phi) is 3.67. The quantitative estimate of drug-likeness (QED) is 0.863. The summed E-state index contributed by atoms with van der Waals surface area (Å²) in [6, 6.07) is 6.62. The number of pyridine rings is 1. The smallest absolute Gasteiger partial charge is 0.282 e. The molecule has 4 nitrogen and oxygen atoms in total. The standard InChI is InChI=1S/C15H17NO3S/c1-9-5-6-15(20(17,18)19)13(7-9)14-8-10(2)11(3)12(4)16-14/h5-8H,1-4H3,(H,17,18,19). The third kappa shape index (κ3) is 2.73. The van der Waals surface area contributed by atoms with E-state index in [9.17, 15) is 13.0 Å². The fourth-order valence-electron chi connectivity index (χ4n) is 2.10. The monoisotopic (exact) mass is 291 g/mol. The van der Waals surface area contributed by atoms with Crippen LogP contribution in [0, 0.1) is 27.7 Å². The van der Waals surface area contributed by atoms with Crippen LogP contribution in [0.1, 0.15) is 22.4 Å². The second-order valence-electron chi connectivity index (χ2n) is 5.01. The van der Waals surface area contributed by atoms with Crippen LogP contribution in [0.25, 0.3) is 11.3 Å². The van der Waals surface area contributed by atoms with E-state index in [0.29, 0.717) is 11.3 Å². The minimum atomic E-state index is -4.27. The second-order valence-corrected chi connectivity index (χ2v) is 6.40. The van der Waals surface area contributed by atoms with Crippen molar-refractivity contribution >= 4 is 10.1 Å². The van der Waals surface area contributed by atoms with Gasteiger partial charge in [-0.2, -0.15) is 8.42 Å². The molecular weight excluding hydrogens is 274 g/mol. The van der Waals surface area contributed by atoms with E-state index in [2.05, 4.69) is 4.98 Å². The van der Waals surface area contributed by atoms with E-state index in [4.69, 9.17) is 0 Å². The molecule has 0 saturated carbocycles. The first-order chi connectivity index (χ1) is 9.20. The van der Waals surface area contributed by atoms with E-state index >= 15 is 0 Å². The van der Waals surface area contributed by atoms with Crippen molar-refractivity contribution in [2.24, 2.45) is 0 Å². The Morgan fingerprint density at radius 2 is 1.70 bits per heavy atom. The van der Waals surface area contributed by atoms with Crippen LogP contribution in [0.5, 0.6) is 0 Å². The predicted octanol–water partition coefficient (Wildman–Crippen LogP) is 3.23. The molecular formula is C15H17NO3S. The van der Waals surface area contributed by atoms with Crippen molar-refractivity contribution in [1.29, 1.82) is 0 Å². The number of aromatic nitrogens is 1. The molecule has 0 aliphatic carbocycles. The third-order valence-electron chi connectivity index (χ3n) is 3.46. The lowest BCUT2D eigenvalue weighted by molar-refractivity contribution is 0.483. The van der Waals surface area contributed by atoms with Crippen LogP contribution in [-0.4, -0.2) is 18.0 Å². The van der Waals surface area contributed by atoms with E-state index < -0.39 is 10.1 Å². The molecule has 0 aliphatic rings. The SMILES string of the molecule is Cc1ccc(S(=O)(=O)O)c(-c2cc(C)c(C)c(C)n2)c1. The number of hydrogen-bond acceptors (Lipinski definition) is 3. The number of rotatable bonds is 2. The molecule has 0 saturated heterocycles. The van der Waals surface area contributed by atoms with E-state index in [1.54, 1.807) is 12.1 Å². The molecule has 106 valence electrons. The van der Waals surface area contributed by atoms with Gasteiger partial charge in [-0.1, -0.05) is 11.6 Å². The highest BCUT2D eigenvalue weighted by Gasteiger charge is 2.18. The molecule has 1 heterocycles. The normalized spacial score (nSPS) is 11.7. The molecule has 0 atom stereocenters. The minimum absolute atomic E-state index is 0.113. The lowest BCUT2D eigenvalue weighted by Crippen LogP contribution is -2.03. The molecule has 5 heteroatoms. The fourth-order valence-corrected chi connectivity index (χ4v) is 2.78.